The largest absolute Gasteiger partial charge is 0.497 e. The minimum Gasteiger partial charge on any atom is -0.497 e. The quantitative estimate of drug-likeness (QED) is 0.577. The normalized spacial score (nSPS) is 9.30. The van der Waals surface area contributed by atoms with Gasteiger partial charge in [-0.05, 0) is 12.1 Å². The van der Waals surface area contributed by atoms with E-state index in [2.05, 4.69) is 0 Å². The zero-order valence-corrected chi connectivity index (χ0v) is 5.64. The fraction of sp³-hybridized carbons (Fsp3) is 0.143. The summed E-state index contributed by atoms with van der Waals surface area (Å²) in [6.07, 6.45) is 0. The van der Waals surface area contributed by atoms with Crippen molar-refractivity contribution < 1.29 is 4.74 Å². The van der Waals surface area contributed by atoms with E-state index in [-0.39, 0.29) is 11.4 Å². The second kappa shape index (κ2) is 2.47. The van der Waals surface area contributed by atoms with Crippen molar-refractivity contribution in [3.63, 3.8) is 0 Å². The van der Waals surface area contributed by atoms with Gasteiger partial charge in [0.25, 0.3) is 0 Å². The summed E-state index contributed by atoms with van der Waals surface area (Å²) in [5, 5.41) is 0. The number of hydrogen-bond donors (Lipinski definition) is 0. The molecule has 3 nitrogen and oxygen atoms in total. The van der Waals surface area contributed by atoms with E-state index in [9.17, 15) is 0 Å². The predicted octanol–water partition coefficient (Wildman–Crippen LogP) is 1.52. The van der Waals surface area contributed by atoms with Gasteiger partial charge in [-0.25, -0.2) is 0 Å². The average molecular weight is 136 g/mol. The van der Waals surface area contributed by atoms with E-state index in [1.807, 2.05) is 0 Å². The Morgan fingerprint density at radius 3 is 2.40 bits per heavy atom. The Hall–Kier alpha value is -1.38. The van der Waals surface area contributed by atoms with Crippen LogP contribution in [0.25, 0.3) is 0 Å². The number of rotatable bonds is 1. The SMILES string of the molecule is COc1ccc([NH])c([NH])c1. The van der Waals surface area contributed by atoms with Crippen molar-refractivity contribution in [2.75, 3.05) is 7.11 Å². The minimum atomic E-state index is 0.194. The van der Waals surface area contributed by atoms with E-state index < -0.39 is 0 Å². The molecule has 0 amide bonds. The van der Waals surface area contributed by atoms with E-state index >= 15 is 0 Å². The zero-order chi connectivity index (χ0) is 7.56. The highest BCUT2D eigenvalue weighted by Gasteiger charge is 1.96. The molecule has 0 aliphatic heterocycles. The van der Waals surface area contributed by atoms with Crippen LogP contribution in [0.15, 0.2) is 18.2 Å². The van der Waals surface area contributed by atoms with Crippen molar-refractivity contribution in [3.8, 4) is 5.75 Å². The van der Waals surface area contributed by atoms with Crippen molar-refractivity contribution >= 4 is 11.4 Å². The van der Waals surface area contributed by atoms with Gasteiger partial charge in [-0.1, -0.05) is 0 Å². The van der Waals surface area contributed by atoms with Crippen molar-refractivity contribution in [2.45, 2.75) is 0 Å². The van der Waals surface area contributed by atoms with Crippen LogP contribution in [0.2, 0.25) is 0 Å². The highest BCUT2D eigenvalue weighted by molar-refractivity contribution is 5.60. The van der Waals surface area contributed by atoms with Crippen LogP contribution in [0, 0.1) is 0 Å². The van der Waals surface area contributed by atoms with Crippen LogP contribution >= 0.6 is 0 Å². The fourth-order valence-corrected chi connectivity index (χ4v) is 0.650. The van der Waals surface area contributed by atoms with Crippen LogP contribution in [0.5, 0.6) is 5.75 Å². The van der Waals surface area contributed by atoms with Gasteiger partial charge < -0.3 is 4.74 Å². The molecular formula is C7H8N2O. The van der Waals surface area contributed by atoms with Crippen LogP contribution in [-0.4, -0.2) is 7.11 Å². The first kappa shape index (κ1) is 6.74. The van der Waals surface area contributed by atoms with E-state index in [4.69, 9.17) is 16.2 Å². The Balaban J connectivity index is 3.04. The smallest absolute Gasteiger partial charge is 0.121 e. The lowest BCUT2D eigenvalue weighted by Crippen LogP contribution is -1.82. The summed E-state index contributed by atoms with van der Waals surface area (Å²) in [7, 11) is 1.54. The first-order valence-electron chi connectivity index (χ1n) is 2.85. The molecule has 0 atom stereocenters. The van der Waals surface area contributed by atoms with Crippen LogP contribution in [-0.2, 0) is 0 Å². The molecule has 1 rings (SSSR count). The summed E-state index contributed by atoms with van der Waals surface area (Å²) < 4.78 is 4.85. The summed E-state index contributed by atoms with van der Waals surface area (Å²) in [5.41, 5.74) is 14.8. The minimum absolute atomic E-state index is 0.194. The summed E-state index contributed by atoms with van der Waals surface area (Å²) in [5.74, 6) is 0.626. The molecule has 2 radical (unpaired) electrons. The number of benzene rings is 1. The molecule has 52 valence electrons. The van der Waals surface area contributed by atoms with Crippen LogP contribution in [0.4, 0.5) is 11.4 Å². The molecule has 0 unspecified atom stereocenters. The van der Waals surface area contributed by atoms with Gasteiger partial charge in [0.1, 0.15) is 5.75 Å². The maximum atomic E-state index is 7.20. The number of hydrogen-bond acceptors (Lipinski definition) is 1. The molecule has 0 fully saturated rings. The first-order chi connectivity index (χ1) is 4.74. The molecule has 1 aromatic carbocycles. The predicted molar refractivity (Wildman–Crippen MR) is 38.5 cm³/mol. The third-order valence-electron chi connectivity index (χ3n) is 1.23. The molecule has 0 heterocycles. The lowest BCUT2D eigenvalue weighted by Gasteiger charge is -2.00. The van der Waals surface area contributed by atoms with Gasteiger partial charge in [0, 0.05) is 6.07 Å². The number of nitrogens with one attached hydrogen (secondary N) is 2. The molecular weight excluding hydrogens is 128 g/mol. The third kappa shape index (κ3) is 1.13. The van der Waals surface area contributed by atoms with Gasteiger partial charge in [-0.15, -0.1) is 0 Å². The average Bonchev–Trinajstić information content (AvgIpc) is 1.95. The molecule has 0 aliphatic rings. The van der Waals surface area contributed by atoms with E-state index in [0.717, 1.165) is 0 Å². The maximum Gasteiger partial charge on any atom is 0.121 e. The Morgan fingerprint density at radius 2 is 1.90 bits per heavy atom. The van der Waals surface area contributed by atoms with Crippen molar-refractivity contribution in [2.24, 2.45) is 0 Å². The first-order valence-corrected chi connectivity index (χ1v) is 2.85. The molecule has 0 saturated carbocycles. The fourth-order valence-electron chi connectivity index (χ4n) is 0.650. The third-order valence-corrected chi connectivity index (χ3v) is 1.23. The van der Waals surface area contributed by atoms with Gasteiger partial charge in [-0.3, -0.25) is 11.5 Å². The summed E-state index contributed by atoms with van der Waals surface area (Å²) >= 11 is 0. The van der Waals surface area contributed by atoms with E-state index in [0.29, 0.717) is 5.75 Å². The van der Waals surface area contributed by atoms with Crippen LogP contribution in [0.3, 0.4) is 0 Å². The Kier molecular flexibility index (Phi) is 1.67. The van der Waals surface area contributed by atoms with Crippen molar-refractivity contribution in [3.05, 3.63) is 18.2 Å². The van der Waals surface area contributed by atoms with Crippen LogP contribution < -0.4 is 16.2 Å². The van der Waals surface area contributed by atoms with Gasteiger partial charge in [0.15, 0.2) is 0 Å². The summed E-state index contributed by atoms with van der Waals surface area (Å²) in [6.45, 7) is 0. The molecule has 0 bridgehead atoms. The maximum absolute atomic E-state index is 7.20. The molecule has 0 aromatic heterocycles. The van der Waals surface area contributed by atoms with Gasteiger partial charge >= 0.3 is 0 Å². The van der Waals surface area contributed by atoms with E-state index in [1.54, 1.807) is 19.2 Å². The second-order valence-corrected chi connectivity index (χ2v) is 1.91. The topological polar surface area (TPSA) is 56.8 Å². The summed E-state index contributed by atoms with van der Waals surface area (Å²) in [4.78, 5) is 0. The number of methoxy groups -OCH3 is 1. The van der Waals surface area contributed by atoms with Gasteiger partial charge in [0.2, 0.25) is 0 Å². The molecule has 3 heteroatoms. The summed E-state index contributed by atoms with van der Waals surface area (Å²) in [6, 6.07) is 4.73. The van der Waals surface area contributed by atoms with Gasteiger partial charge in [-0.2, -0.15) is 0 Å². The number of ether oxygens (including phenoxy) is 1. The highest BCUT2D eigenvalue weighted by atomic mass is 16.5. The van der Waals surface area contributed by atoms with E-state index in [1.165, 1.54) is 6.07 Å². The molecule has 1 aromatic rings. The second-order valence-electron chi connectivity index (χ2n) is 1.91. The van der Waals surface area contributed by atoms with Crippen LogP contribution in [0.1, 0.15) is 0 Å². The highest BCUT2D eigenvalue weighted by Crippen LogP contribution is 2.23. The Bertz CT molecular complexity index is 235. The lowest BCUT2D eigenvalue weighted by molar-refractivity contribution is 0.415. The standard InChI is InChI=1S/C7H8N2O/c1-10-5-2-3-6(8)7(9)4-5/h2-4,8-9H,1H3. The molecule has 0 aliphatic carbocycles. The van der Waals surface area contributed by atoms with Crippen molar-refractivity contribution in [1.82, 2.24) is 11.5 Å². The zero-order valence-electron chi connectivity index (χ0n) is 5.64. The molecule has 2 N–H and O–H groups in total. The molecule has 10 heavy (non-hydrogen) atoms. The molecule has 0 spiro atoms. The van der Waals surface area contributed by atoms with Crippen molar-refractivity contribution in [1.29, 1.82) is 0 Å². The monoisotopic (exact) mass is 136 g/mol. The molecule has 0 saturated heterocycles. The Morgan fingerprint density at radius 1 is 1.20 bits per heavy atom. The Labute approximate surface area is 59.6 Å². The lowest BCUT2D eigenvalue weighted by atomic mass is 10.2. The van der Waals surface area contributed by atoms with Gasteiger partial charge in [0.05, 0.1) is 18.5 Å².